The Bertz CT molecular complexity index is 543. The van der Waals surface area contributed by atoms with Crippen molar-refractivity contribution in [3.63, 3.8) is 0 Å². The predicted molar refractivity (Wildman–Crippen MR) is 75.5 cm³/mol. The number of nitrogens with zero attached hydrogens (tertiary/aromatic N) is 1. The summed E-state index contributed by atoms with van der Waals surface area (Å²) in [7, 11) is 1.50. The normalized spacial score (nSPS) is 17.8. The Morgan fingerprint density at radius 1 is 1.43 bits per heavy atom. The van der Waals surface area contributed by atoms with Gasteiger partial charge >= 0.3 is 5.97 Å². The summed E-state index contributed by atoms with van der Waals surface area (Å²) in [4.78, 5) is 24.6. The molecule has 0 aliphatic carbocycles. The second-order valence-corrected chi connectivity index (χ2v) is 5.22. The van der Waals surface area contributed by atoms with Crippen LogP contribution in [-0.4, -0.2) is 47.2 Å². The van der Waals surface area contributed by atoms with E-state index >= 15 is 0 Å². The van der Waals surface area contributed by atoms with Crippen LogP contribution in [0.15, 0.2) is 18.2 Å². The number of rotatable bonds is 5. The molecule has 1 amide bonds. The lowest BCUT2D eigenvalue weighted by atomic mass is 10.0. The number of benzene rings is 1. The molecule has 1 atom stereocenters. The Morgan fingerprint density at radius 3 is 2.86 bits per heavy atom. The Hall–Kier alpha value is -2.24. The zero-order valence-electron chi connectivity index (χ0n) is 11.9. The van der Waals surface area contributed by atoms with Crippen LogP contribution in [0.5, 0.6) is 11.5 Å². The van der Waals surface area contributed by atoms with Crippen LogP contribution < -0.4 is 4.74 Å². The van der Waals surface area contributed by atoms with E-state index in [4.69, 9.17) is 9.84 Å². The third kappa shape index (κ3) is 3.65. The van der Waals surface area contributed by atoms with Crippen LogP contribution in [0.25, 0.3) is 0 Å². The van der Waals surface area contributed by atoms with Crippen LogP contribution in [0.3, 0.4) is 0 Å². The molecule has 0 saturated carbocycles. The zero-order chi connectivity index (χ0) is 15.4. The lowest BCUT2D eigenvalue weighted by molar-refractivity contribution is -0.137. The monoisotopic (exact) mass is 293 g/mol. The van der Waals surface area contributed by atoms with Gasteiger partial charge < -0.3 is 19.8 Å². The highest BCUT2D eigenvalue weighted by atomic mass is 16.5. The minimum atomic E-state index is -0.815. The summed E-state index contributed by atoms with van der Waals surface area (Å²) in [5.41, 5.74) is 0.216. The van der Waals surface area contributed by atoms with Crippen molar-refractivity contribution < 1.29 is 24.5 Å². The number of carbonyl (C=O) groups is 2. The fourth-order valence-corrected chi connectivity index (χ4v) is 2.56. The number of aliphatic carboxylic acids is 1. The van der Waals surface area contributed by atoms with Gasteiger partial charge in [-0.15, -0.1) is 0 Å². The van der Waals surface area contributed by atoms with Gasteiger partial charge in [-0.2, -0.15) is 0 Å². The molecule has 1 saturated heterocycles. The van der Waals surface area contributed by atoms with Gasteiger partial charge in [-0.3, -0.25) is 9.59 Å². The second-order valence-electron chi connectivity index (χ2n) is 5.22. The number of carboxylic acids is 1. The Labute approximate surface area is 122 Å². The zero-order valence-corrected chi connectivity index (χ0v) is 11.9. The fraction of sp³-hybridized carbons (Fsp3) is 0.467. The summed E-state index contributed by atoms with van der Waals surface area (Å²) in [5, 5.41) is 18.5. The second kappa shape index (κ2) is 6.47. The predicted octanol–water partition coefficient (Wildman–Crippen LogP) is 1.73. The van der Waals surface area contributed by atoms with Gasteiger partial charge in [0.1, 0.15) is 11.5 Å². The third-order valence-electron chi connectivity index (χ3n) is 3.77. The minimum absolute atomic E-state index is 0.0743. The minimum Gasteiger partial charge on any atom is -0.507 e. The Balaban J connectivity index is 2.03. The fourth-order valence-electron chi connectivity index (χ4n) is 2.56. The van der Waals surface area contributed by atoms with Crippen molar-refractivity contribution >= 4 is 11.9 Å². The van der Waals surface area contributed by atoms with E-state index in [1.165, 1.54) is 19.2 Å². The molecule has 2 N–H and O–H groups in total. The number of hydrogen-bond donors (Lipinski definition) is 2. The van der Waals surface area contributed by atoms with Crippen molar-refractivity contribution in [2.75, 3.05) is 20.2 Å². The van der Waals surface area contributed by atoms with Crippen LogP contribution in [0.1, 0.15) is 29.6 Å². The first-order valence-electron chi connectivity index (χ1n) is 6.89. The molecule has 2 rings (SSSR count). The van der Waals surface area contributed by atoms with Gasteiger partial charge in [0.2, 0.25) is 0 Å². The molecular weight excluding hydrogens is 274 g/mol. The van der Waals surface area contributed by atoms with E-state index in [1.54, 1.807) is 11.0 Å². The van der Waals surface area contributed by atoms with Crippen LogP contribution in [-0.2, 0) is 4.79 Å². The van der Waals surface area contributed by atoms with Crippen LogP contribution in [0.4, 0.5) is 0 Å². The topological polar surface area (TPSA) is 87.1 Å². The summed E-state index contributed by atoms with van der Waals surface area (Å²) < 4.78 is 5.06. The average molecular weight is 293 g/mol. The molecule has 0 bridgehead atoms. The number of likely N-dealkylation sites (tertiary alicyclic amines) is 1. The number of amides is 1. The molecule has 1 unspecified atom stereocenters. The van der Waals surface area contributed by atoms with E-state index in [0.717, 1.165) is 6.42 Å². The lowest BCUT2D eigenvalue weighted by Gasteiger charge is -2.17. The lowest BCUT2D eigenvalue weighted by Crippen LogP contribution is -2.28. The van der Waals surface area contributed by atoms with Gasteiger partial charge in [0.05, 0.1) is 12.7 Å². The molecule has 0 radical (unpaired) electrons. The number of aromatic hydroxyl groups is 1. The van der Waals surface area contributed by atoms with Crippen molar-refractivity contribution in [2.45, 2.75) is 19.3 Å². The van der Waals surface area contributed by atoms with Crippen molar-refractivity contribution in [3.05, 3.63) is 23.8 Å². The number of ether oxygens (including phenoxy) is 1. The molecule has 6 heteroatoms. The van der Waals surface area contributed by atoms with E-state index in [1.807, 2.05) is 0 Å². The molecular formula is C15H19NO5. The van der Waals surface area contributed by atoms with Crippen molar-refractivity contribution in [1.29, 1.82) is 0 Å². The van der Waals surface area contributed by atoms with E-state index in [2.05, 4.69) is 0 Å². The molecule has 6 nitrogen and oxygen atoms in total. The molecule has 1 aliphatic rings. The molecule has 21 heavy (non-hydrogen) atoms. The highest BCUT2D eigenvalue weighted by Crippen LogP contribution is 2.28. The molecule has 1 heterocycles. The van der Waals surface area contributed by atoms with Crippen molar-refractivity contribution in [1.82, 2.24) is 4.90 Å². The highest BCUT2D eigenvalue weighted by molar-refractivity contribution is 5.97. The summed E-state index contributed by atoms with van der Waals surface area (Å²) in [6, 6.07) is 4.54. The first-order valence-corrected chi connectivity index (χ1v) is 6.89. The summed E-state index contributed by atoms with van der Waals surface area (Å²) in [5.74, 6) is -0.417. The highest BCUT2D eigenvalue weighted by Gasteiger charge is 2.28. The summed E-state index contributed by atoms with van der Waals surface area (Å²) >= 11 is 0. The van der Waals surface area contributed by atoms with E-state index in [0.29, 0.717) is 25.3 Å². The van der Waals surface area contributed by atoms with E-state index in [9.17, 15) is 14.7 Å². The van der Waals surface area contributed by atoms with Gasteiger partial charge in [0.25, 0.3) is 5.91 Å². The van der Waals surface area contributed by atoms with Crippen molar-refractivity contribution in [3.8, 4) is 11.5 Å². The molecule has 1 aromatic rings. The molecule has 114 valence electrons. The van der Waals surface area contributed by atoms with Crippen LogP contribution in [0.2, 0.25) is 0 Å². The van der Waals surface area contributed by atoms with Crippen LogP contribution in [0, 0.1) is 5.92 Å². The molecule has 1 aliphatic heterocycles. The largest absolute Gasteiger partial charge is 0.507 e. The molecule has 0 aromatic heterocycles. The Morgan fingerprint density at radius 2 is 2.19 bits per heavy atom. The number of carboxylic acid groups (broad SMARTS) is 1. The van der Waals surface area contributed by atoms with Crippen molar-refractivity contribution in [2.24, 2.45) is 5.92 Å². The standard InChI is InChI=1S/C15H19NO5/c1-21-11-3-4-13(17)12(8-11)15(20)16-7-6-10(9-16)2-5-14(18)19/h3-4,8,10,17H,2,5-7,9H2,1H3,(H,18,19). The maximum atomic E-state index is 12.4. The number of phenolic OH excluding ortho intramolecular Hbond substituents is 1. The number of hydrogen-bond acceptors (Lipinski definition) is 4. The SMILES string of the molecule is COc1ccc(O)c(C(=O)N2CCC(CCC(=O)O)C2)c1. The third-order valence-corrected chi connectivity index (χ3v) is 3.77. The molecule has 0 spiro atoms. The van der Waals surface area contributed by atoms with Gasteiger partial charge in [-0.25, -0.2) is 0 Å². The number of carbonyl (C=O) groups excluding carboxylic acids is 1. The number of methoxy groups -OCH3 is 1. The Kier molecular flexibility index (Phi) is 4.67. The van der Waals surface area contributed by atoms with Gasteiger partial charge in [0, 0.05) is 19.5 Å². The maximum absolute atomic E-state index is 12.4. The summed E-state index contributed by atoms with van der Waals surface area (Å²) in [6.07, 6.45) is 1.49. The molecule has 1 fully saturated rings. The first kappa shape index (κ1) is 15.2. The van der Waals surface area contributed by atoms with Gasteiger partial charge in [-0.1, -0.05) is 0 Å². The van der Waals surface area contributed by atoms with E-state index < -0.39 is 5.97 Å². The van der Waals surface area contributed by atoms with E-state index in [-0.39, 0.29) is 29.6 Å². The van der Waals surface area contributed by atoms with Gasteiger partial charge in [-0.05, 0) is 37.0 Å². The smallest absolute Gasteiger partial charge is 0.303 e. The number of phenols is 1. The summed E-state index contributed by atoms with van der Waals surface area (Å²) in [6.45, 7) is 1.11. The van der Waals surface area contributed by atoms with Gasteiger partial charge in [0.15, 0.2) is 0 Å². The quantitative estimate of drug-likeness (QED) is 0.863. The molecule has 1 aromatic carbocycles. The first-order chi connectivity index (χ1) is 10.0. The average Bonchev–Trinajstić information content (AvgIpc) is 2.94. The van der Waals surface area contributed by atoms with Crippen LogP contribution >= 0.6 is 0 Å². The maximum Gasteiger partial charge on any atom is 0.303 e.